The van der Waals surface area contributed by atoms with Gasteiger partial charge in [-0.25, -0.2) is 8.42 Å². The molecule has 2 heterocycles. The van der Waals surface area contributed by atoms with Crippen LogP contribution in [0.1, 0.15) is 18.1 Å². The molecule has 0 atom stereocenters. The van der Waals surface area contributed by atoms with Gasteiger partial charge in [-0.3, -0.25) is 14.2 Å². The Balaban J connectivity index is 1.45. The molecule has 1 aliphatic heterocycles. The maximum absolute atomic E-state index is 13.1. The molecular weight excluding hydrogens is 434 g/mol. The molecule has 164 valence electrons. The van der Waals surface area contributed by atoms with Crippen LogP contribution in [0.5, 0.6) is 0 Å². The van der Waals surface area contributed by atoms with Crippen molar-refractivity contribution in [3.05, 3.63) is 63.3 Å². The molecule has 0 spiro atoms. The largest absolute Gasteiger partial charge is 0.340 e. The SMILES string of the molecule is CCn1c(=O)sc2cc(S(=O)(=O)N3CCN(C(=O)Cc4ccc(C)cc4)CC3)ccc21. The monoisotopic (exact) mass is 459 g/mol. The molecule has 9 heteroatoms. The summed E-state index contributed by atoms with van der Waals surface area (Å²) in [5.74, 6) is 0.00741. The van der Waals surface area contributed by atoms with Gasteiger partial charge in [0.15, 0.2) is 0 Å². The predicted octanol–water partition coefficient (Wildman–Crippen LogP) is 2.47. The number of benzene rings is 2. The molecule has 1 saturated heterocycles. The van der Waals surface area contributed by atoms with Gasteiger partial charge in [-0.2, -0.15) is 4.31 Å². The van der Waals surface area contributed by atoms with Crippen LogP contribution >= 0.6 is 11.3 Å². The first-order valence-corrected chi connectivity index (χ1v) is 12.5. The van der Waals surface area contributed by atoms with E-state index in [-0.39, 0.29) is 28.8 Å². The minimum absolute atomic E-state index is 0.00741. The molecular formula is C22H25N3O4S2. The summed E-state index contributed by atoms with van der Waals surface area (Å²) in [5.41, 5.74) is 2.85. The molecule has 4 rings (SSSR count). The van der Waals surface area contributed by atoms with E-state index in [9.17, 15) is 18.0 Å². The third-order valence-electron chi connectivity index (χ3n) is 5.66. The Morgan fingerprint density at radius 3 is 2.35 bits per heavy atom. The number of carbonyl (C=O) groups excluding carboxylic acids is 1. The van der Waals surface area contributed by atoms with Crippen LogP contribution in [0.25, 0.3) is 10.2 Å². The Labute approximate surface area is 185 Å². The normalized spacial score (nSPS) is 15.5. The number of fused-ring (bicyclic) bond motifs is 1. The van der Waals surface area contributed by atoms with Crippen molar-refractivity contribution in [2.24, 2.45) is 0 Å². The van der Waals surface area contributed by atoms with Crippen molar-refractivity contribution in [1.29, 1.82) is 0 Å². The molecule has 0 radical (unpaired) electrons. The van der Waals surface area contributed by atoms with Crippen molar-refractivity contribution in [3.8, 4) is 0 Å². The molecule has 1 amide bonds. The molecule has 0 N–H and O–H groups in total. The number of piperazine rings is 1. The van der Waals surface area contributed by atoms with Crippen molar-refractivity contribution in [1.82, 2.24) is 13.8 Å². The van der Waals surface area contributed by atoms with Crippen LogP contribution < -0.4 is 4.87 Å². The summed E-state index contributed by atoms with van der Waals surface area (Å²) in [6.07, 6.45) is 0.317. The van der Waals surface area contributed by atoms with Gasteiger partial charge in [0.25, 0.3) is 0 Å². The summed E-state index contributed by atoms with van der Waals surface area (Å²) in [5, 5.41) is 0. The Bertz CT molecular complexity index is 1270. The number of hydrogen-bond donors (Lipinski definition) is 0. The third-order valence-corrected chi connectivity index (χ3v) is 8.50. The van der Waals surface area contributed by atoms with Crippen molar-refractivity contribution >= 4 is 37.5 Å². The number of hydrogen-bond acceptors (Lipinski definition) is 5. The Morgan fingerprint density at radius 2 is 1.71 bits per heavy atom. The fraction of sp³-hybridized carbons (Fsp3) is 0.364. The number of aromatic nitrogens is 1. The van der Waals surface area contributed by atoms with Gasteiger partial charge in [-0.15, -0.1) is 0 Å². The smallest absolute Gasteiger partial charge is 0.308 e. The van der Waals surface area contributed by atoms with E-state index in [1.54, 1.807) is 27.7 Å². The highest BCUT2D eigenvalue weighted by Gasteiger charge is 2.30. The van der Waals surface area contributed by atoms with Crippen molar-refractivity contribution in [3.63, 3.8) is 0 Å². The van der Waals surface area contributed by atoms with Gasteiger partial charge in [0, 0.05) is 32.7 Å². The standard InChI is InChI=1S/C22H25N3O4S2/c1-3-25-19-9-8-18(15-20(19)30-22(25)27)31(28,29)24-12-10-23(11-13-24)21(26)14-17-6-4-16(2)5-7-17/h4-9,15H,3,10-14H2,1-2H3. The number of sulfonamides is 1. The highest BCUT2D eigenvalue weighted by molar-refractivity contribution is 7.89. The zero-order valence-electron chi connectivity index (χ0n) is 17.6. The van der Waals surface area contributed by atoms with Crippen LogP contribution in [0.4, 0.5) is 0 Å². The summed E-state index contributed by atoms with van der Waals surface area (Å²) in [6.45, 7) is 5.68. The van der Waals surface area contributed by atoms with E-state index in [1.165, 1.54) is 4.31 Å². The number of thiazole rings is 1. The second kappa shape index (κ2) is 8.57. The quantitative estimate of drug-likeness (QED) is 0.587. The lowest BCUT2D eigenvalue weighted by Crippen LogP contribution is -2.50. The van der Waals surface area contributed by atoms with E-state index < -0.39 is 10.0 Å². The average molecular weight is 460 g/mol. The highest BCUT2D eigenvalue weighted by Crippen LogP contribution is 2.25. The van der Waals surface area contributed by atoms with Crippen LogP contribution in [0.2, 0.25) is 0 Å². The lowest BCUT2D eigenvalue weighted by atomic mass is 10.1. The van der Waals surface area contributed by atoms with Gasteiger partial charge in [-0.05, 0) is 37.6 Å². The van der Waals surface area contributed by atoms with Crippen molar-refractivity contribution in [2.45, 2.75) is 31.7 Å². The van der Waals surface area contributed by atoms with E-state index in [1.807, 2.05) is 38.1 Å². The maximum Gasteiger partial charge on any atom is 0.308 e. The van der Waals surface area contributed by atoms with Crippen LogP contribution in [0.3, 0.4) is 0 Å². The first-order valence-electron chi connectivity index (χ1n) is 10.3. The first kappa shape index (κ1) is 21.7. The number of nitrogens with zero attached hydrogens (tertiary/aromatic N) is 3. The van der Waals surface area contributed by atoms with Gasteiger partial charge >= 0.3 is 4.87 Å². The summed E-state index contributed by atoms with van der Waals surface area (Å²) in [6, 6.07) is 12.7. The van der Waals surface area contributed by atoms with Crippen molar-refractivity contribution in [2.75, 3.05) is 26.2 Å². The molecule has 1 aromatic heterocycles. The molecule has 31 heavy (non-hydrogen) atoms. The van der Waals surface area contributed by atoms with Crippen LogP contribution in [0.15, 0.2) is 52.2 Å². The number of carbonyl (C=O) groups is 1. The van der Waals surface area contributed by atoms with Crippen LogP contribution in [-0.2, 0) is 27.8 Å². The van der Waals surface area contributed by atoms with E-state index >= 15 is 0 Å². The molecule has 0 aliphatic carbocycles. The minimum Gasteiger partial charge on any atom is -0.340 e. The topological polar surface area (TPSA) is 79.7 Å². The van der Waals surface area contributed by atoms with Crippen molar-refractivity contribution < 1.29 is 13.2 Å². The fourth-order valence-corrected chi connectivity index (χ4v) is 6.34. The summed E-state index contributed by atoms with van der Waals surface area (Å²) in [4.78, 5) is 26.5. The maximum atomic E-state index is 13.1. The van der Waals surface area contributed by atoms with E-state index in [2.05, 4.69) is 0 Å². The average Bonchev–Trinajstić information content (AvgIpc) is 3.09. The molecule has 0 saturated carbocycles. The summed E-state index contributed by atoms with van der Waals surface area (Å²) in [7, 11) is -3.69. The zero-order valence-corrected chi connectivity index (χ0v) is 19.2. The second-order valence-electron chi connectivity index (χ2n) is 7.69. The van der Waals surface area contributed by atoms with Gasteiger partial charge in [-0.1, -0.05) is 41.2 Å². The first-order chi connectivity index (χ1) is 14.8. The molecule has 1 aliphatic rings. The van der Waals surface area contributed by atoms with Crippen LogP contribution in [-0.4, -0.2) is 54.3 Å². The molecule has 0 unspecified atom stereocenters. The Morgan fingerprint density at radius 1 is 1.03 bits per heavy atom. The van der Waals surface area contributed by atoms with E-state index in [4.69, 9.17) is 0 Å². The van der Waals surface area contributed by atoms with Gasteiger partial charge in [0.2, 0.25) is 15.9 Å². The van der Waals surface area contributed by atoms with E-state index in [0.717, 1.165) is 28.0 Å². The zero-order chi connectivity index (χ0) is 22.2. The molecule has 1 fully saturated rings. The number of amides is 1. The third kappa shape index (κ3) is 4.30. The Kier molecular flexibility index (Phi) is 6.00. The molecule has 0 bridgehead atoms. The summed E-state index contributed by atoms with van der Waals surface area (Å²) < 4.78 is 30.0. The predicted molar refractivity (Wildman–Crippen MR) is 122 cm³/mol. The second-order valence-corrected chi connectivity index (χ2v) is 10.6. The highest BCUT2D eigenvalue weighted by atomic mass is 32.2. The molecule has 2 aromatic carbocycles. The van der Waals surface area contributed by atoms with Gasteiger partial charge in [0.1, 0.15) is 0 Å². The lowest BCUT2D eigenvalue weighted by Gasteiger charge is -2.34. The molecule has 3 aromatic rings. The Hall–Kier alpha value is -2.49. The van der Waals surface area contributed by atoms with Gasteiger partial charge in [0.05, 0.1) is 21.5 Å². The summed E-state index contributed by atoms with van der Waals surface area (Å²) >= 11 is 1.06. The number of rotatable bonds is 5. The van der Waals surface area contributed by atoms with Crippen LogP contribution in [0, 0.1) is 6.92 Å². The van der Waals surface area contributed by atoms with Gasteiger partial charge < -0.3 is 4.90 Å². The van der Waals surface area contributed by atoms with E-state index in [0.29, 0.717) is 30.8 Å². The minimum atomic E-state index is -3.69. The number of aryl methyl sites for hydroxylation is 2. The lowest BCUT2D eigenvalue weighted by molar-refractivity contribution is -0.131. The fourth-order valence-electron chi connectivity index (χ4n) is 3.83. The molecule has 7 nitrogen and oxygen atoms in total.